The first-order valence-corrected chi connectivity index (χ1v) is 6.37. The highest BCUT2D eigenvalue weighted by atomic mass is 32.2. The van der Waals surface area contributed by atoms with Gasteiger partial charge in [-0.2, -0.15) is 0 Å². The summed E-state index contributed by atoms with van der Waals surface area (Å²) in [6.45, 7) is 3.38. The molecule has 0 aromatic heterocycles. The van der Waals surface area contributed by atoms with Crippen LogP contribution in [0.5, 0.6) is 0 Å². The molecule has 0 saturated carbocycles. The number of aliphatic hydroxyl groups excluding tert-OH is 1. The average Bonchev–Trinajstić information content (AvgIpc) is 2.13. The van der Waals surface area contributed by atoms with Crippen LogP contribution in [0.15, 0.2) is 0 Å². The van der Waals surface area contributed by atoms with Gasteiger partial charge in [-0.15, -0.1) is 0 Å². The minimum Gasteiger partial charge on any atom is -0.465 e. The fourth-order valence-electron chi connectivity index (χ4n) is 0.776. The van der Waals surface area contributed by atoms with Gasteiger partial charge in [0.05, 0.1) is 12.7 Å². The molecule has 6 nitrogen and oxygen atoms in total. The SMILES string of the molecule is CCOC(=O)CS(=O)(=O)NCC(O)CC. The molecule has 0 spiro atoms. The molecule has 0 aromatic carbocycles. The van der Waals surface area contributed by atoms with Gasteiger partial charge < -0.3 is 9.84 Å². The van der Waals surface area contributed by atoms with Gasteiger partial charge in [0.1, 0.15) is 0 Å². The van der Waals surface area contributed by atoms with E-state index in [-0.39, 0.29) is 13.2 Å². The first-order chi connectivity index (χ1) is 6.91. The molecule has 2 N–H and O–H groups in total. The summed E-state index contributed by atoms with van der Waals surface area (Å²) in [5.41, 5.74) is 0. The maximum atomic E-state index is 11.2. The summed E-state index contributed by atoms with van der Waals surface area (Å²) in [5.74, 6) is -1.51. The van der Waals surface area contributed by atoms with Crippen molar-refractivity contribution in [3.05, 3.63) is 0 Å². The smallest absolute Gasteiger partial charge is 0.322 e. The summed E-state index contributed by atoms with van der Waals surface area (Å²) in [5, 5.41) is 9.12. The second-order valence-electron chi connectivity index (χ2n) is 2.97. The summed E-state index contributed by atoms with van der Waals surface area (Å²) in [6, 6.07) is 0. The lowest BCUT2D eigenvalue weighted by Crippen LogP contribution is -2.36. The molecule has 0 aliphatic rings. The van der Waals surface area contributed by atoms with Crippen molar-refractivity contribution in [2.75, 3.05) is 18.9 Å². The number of esters is 1. The average molecular weight is 239 g/mol. The zero-order valence-electron chi connectivity index (χ0n) is 8.89. The molecule has 1 atom stereocenters. The molecule has 0 aliphatic heterocycles. The number of carbonyl (C=O) groups excluding carboxylic acids is 1. The number of nitrogens with one attached hydrogen (secondary N) is 1. The van der Waals surface area contributed by atoms with Gasteiger partial charge in [-0.3, -0.25) is 4.79 Å². The van der Waals surface area contributed by atoms with E-state index in [9.17, 15) is 13.2 Å². The quantitative estimate of drug-likeness (QED) is 0.570. The Hall–Kier alpha value is -0.660. The maximum Gasteiger partial charge on any atom is 0.322 e. The highest BCUT2D eigenvalue weighted by Crippen LogP contribution is 1.92. The number of ether oxygens (including phenoxy) is 1. The van der Waals surface area contributed by atoms with Crippen molar-refractivity contribution in [1.29, 1.82) is 0 Å². The normalized spacial score (nSPS) is 13.5. The predicted octanol–water partition coefficient (Wildman–Crippen LogP) is -0.760. The zero-order valence-corrected chi connectivity index (χ0v) is 9.71. The Morgan fingerprint density at radius 2 is 2.07 bits per heavy atom. The lowest BCUT2D eigenvalue weighted by Gasteiger charge is -2.09. The lowest BCUT2D eigenvalue weighted by molar-refractivity contribution is -0.139. The molecule has 0 saturated heterocycles. The molecule has 0 radical (unpaired) electrons. The third-order valence-electron chi connectivity index (χ3n) is 1.62. The van der Waals surface area contributed by atoms with E-state index in [0.717, 1.165) is 0 Å². The molecule has 0 heterocycles. The summed E-state index contributed by atoms with van der Waals surface area (Å²) in [4.78, 5) is 10.9. The lowest BCUT2D eigenvalue weighted by atomic mass is 10.3. The molecule has 1 unspecified atom stereocenters. The van der Waals surface area contributed by atoms with Crippen LogP contribution in [-0.2, 0) is 19.6 Å². The topological polar surface area (TPSA) is 92.7 Å². The minimum atomic E-state index is -3.69. The molecule has 7 heteroatoms. The van der Waals surface area contributed by atoms with E-state index < -0.39 is 27.8 Å². The van der Waals surface area contributed by atoms with Crippen LogP contribution in [0.4, 0.5) is 0 Å². The third kappa shape index (κ3) is 7.29. The maximum absolute atomic E-state index is 11.2. The van der Waals surface area contributed by atoms with Crippen molar-refractivity contribution in [2.24, 2.45) is 0 Å². The third-order valence-corrected chi connectivity index (χ3v) is 2.85. The van der Waals surface area contributed by atoms with Gasteiger partial charge in [-0.1, -0.05) is 6.92 Å². The Morgan fingerprint density at radius 1 is 1.47 bits per heavy atom. The van der Waals surface area contributed by atoms with E-state index in [2.05, 4.69) is 9.46 Å². The molecular formula is C8H17NO5S. The fraction of sp³-hybridized carbons (Fsp3) is 0.875. The van der Waals surface area contributed by atoms with Crippen molar-refractivity contribution in [2.45, 2.75) is 26.4 Å². The van der Waals surface area contributed by atoms with E-state index >= 15 is 0 Å². The van der Waals surface area contributed by atoms with Crippen LogP contribution in [0.2, 0.25) is 0 Å². The van der Waals surface area contributed by atoms with E-state index in [0.29, 0.717) is 6.42 Å². The molecule has 0 amide bonds. The summed E-state index contributed by atoms with van der Waals surface area (Å²) >= 11 is 0. The molecule has 0 bridgehead atoms. The highest BCUT2D eigenvalue weighted by Gasteiger charge is 2.17. The largest absolute Gasteiger partial charge is 0.465 e. The number of sulfonamides is 1. The van der Waals surface area contributed by atoms with Crippen LogP contribution in [0.25, 0.3) is 0 Å². The summed E-state index contributed by atoms with van der Waals surface area (Å²) < 4.78 is 29.0. The van der Waals surface area contributed by atoms with E-state index in [4.69, 9.17) is 5.11 Å². The monoisotopic (exact) mass is 239 g/mol. The van der Waals surface area contributed by atoms with Crippen LogP contribution in [0.1, 0.15) is 20.3 Å². The van der Waals surface area contributed by atoms with Crippen LogP contribution < -0.4 is 4.72 Å². The minimum absolute atomic E-state index is 0.0851. The number of aliphatic hydroxyl groups is 1. The zero-order chi connectivity index (χ0) is 11.9. The Labute approximate surface area is 89.7 Å². The van der Waals surface area contributed by atoms with Crippen LogP contribution in [0, 0.1) is 0 Å². The van der Waals surface area contributed by atoms with Gasteiger partial charge >= 0.3 is 5.97 Å². The summed E-state index contributed by atoms with van der Waals surface area (Å²) in [6.07, 6.45) is -0.288. The second kappa shape index (κ2) is 6.76. The Kier molecular flexibility index (Phi) is 6.46. The second-order valence-corrected chi connectivity index (χ2v) is 4.78. The molecule has 0 fully saturated rings. The Balaban J connectivity index is 4.03. The molecule has 0 rings (SSSR count). The summed E-state index contributed by atoms with van der Waals surface area (Å²) in [7, 11) is -3.69. The Bertz CT molecular complexity index is 287. The van der Waals surface area contributed by atoms with Crippen molar-refractivity contribution in [3.63, 3.8) is 0 Å². The fourth-order valence-corrected chi connectivity index (χ4v) is 1.72. The van der Waals surface area contributed by atoms with Crippen LogP contribution in [-0.4, -0.2) is 44.5 Å². The molecule has 15 heavy (non-hydrogen) atoms. The van der Waals surface area contributed by atoms with Gasteiger partial charge in [0.2, 0.25) is 10.0 Å². The molecule has 90 valence electrons. The van der Waals surface area contributed by atoms with Gasteiger partial charge in [0.15, 0.2) is 5.75 Å². The number of carbonyl (C=O) groups is 1. The van der Waals surface area contributed by atoms with Crippen LogP contribution >= 0.6 is 0 Å². The van der Waals surface area contributed by atoms with Crippen molar-refractivity contribution in [1.82, 2.24) is 4.72 Å². The first-order valence-electron chi connectivity index (χ1n) is 4.72. The van der Waals surface area contributed by atoms with Crippen molar-refractivity contribution in [3.8, 4) is 0 Å². The van der Waals surface area contributed by atoms with Crippen molar-refractivity contribution >= 4 is 16.0 Å². The highest BCUT2D eigenvalue weighted by molar-refractivity contribution is 7.90. The van der Waals surface area contributed by atoms with Gasteiger partial charge in [-0.05, 0) is 13.3 Å². The standard InChI is InChI=1S/C8H17NO5S/c1-3-7(10)5-9-15(12,13)6-8(11)14-4-2/h7,9-10H,3-6H2,1-2H3. The molecule has 0 aliphatic carbocycles. The number of hydrogen-bond acceptors (Lipinski definition) is 5. The van der Waals surface area contributed by atoms with Gasteiger partial charge in [0, 0.05) is 6.54 Å². The molecular weight excluding hydrogens is 222 g/mol. The van der Waals surface area contributed by atoms with Gasteiger partial charge in [-0.25, -0.2) is 13.1 Å². The first kappa shape index (κ1) is 14.3. The van der Waals surface area contributed by atoms with Gasteiger partial charge in [0.25, 0.3) is 0 Å². The van der Waals surface area contributed by atoms with E-state index in [1.165, 1.54) is 0 Å². The van der Waals surface area contributed by atoms with Crippen molar-refractivity contribution < 1.29 is 23.1 Å². The predicted molar refractivity (Wildman–Crippen MR) is 54.7 cm³/mol. The van der Waals surface area contributed by atoms with E-state index in [1.807, 2.05) is 0 Å². The number of hydrogen-bond donors (Lipinski definition) is 2. The molecule has 0 aromatic rings. The Morgan fingerprint density at radius 3 is 2.53 bits per heavy atom. The number of rotatable bonds is 7. The van der Waals surface area contributed by atoms with E-state index in [1.54, 1.807) is 13.8 Å². The van der Waals surface area contributed by atoms with Crippen LogP contribution in [0.3, 0.4) is 0 Å².